The van der Waals surface area contributed by atoms with E-state index in [4.69, 9.17) is 0 Å². The van der Waals surface area contributed by atoms with Gasteiger partial charge in [-0.3, -0.25) is 33.8 Å². The number of likely N-dealkylation sites (tertiary alicyclic amines) is 1. The molecule has 0 aromatic heterocycles. The van der Waals surface area contributed by atoms with Gasteiger partial charge < -0.3 is 5.32 Å². The number of amides is 5. The van der Waals surface area contributed by atoms with E-state index in [9.17, 15) is 32.4 Å². The first-order chi connectivity index (χ1) is 16.0. The van der Waals surface area contributed by atoms with Crippen LogP contribution < -0.4 is 5.32 Å². The fraction of sp³-hybridized carbons (Fsp3) is 0.261. The average Bonchev–Trinajstić information content (AvgIpc) is 3.05. The first kappa shape index (κ1) is 23.3. The summed E-state index contributed by atoms with van der Waals surface area (Å²) in [6, 6.07) is 9.01. The van der Waals surface area contributed by atoms with Crippen LogP contribution in [0.1, 0.15) is 49.5 Å². The van der Waals surface area contributed by atoms with Crippen molar-refractivity contribution in [3.8, 4) is 0 Å². The fourth-order valence-corrected chi connectivity index (χ4v) is 4.61. The molecular weight excluding hydrogens is 462 g/mol. The van der Waals surface area contributed by atoms with Crippen LogP contribution in [0, 0.1) is 0 Å². The summed E-state index contributed by atoms with van der Waals surface area (Å²) in [5, 5.41) is 2.69. The van der Waals surface area contributed by atoms with Crippen LogP contribution in [0.15, 0.2) is 47.4 Å². The smallest absolute Gasteiger partial charge is 0.262 e. The van der Waals surface area contributed by atoms with Gasteiger partial charge in [0.25, 0.3) is 23.6 Å². The van der Waals surface area contributed by atoms with E-state index in [1.54, 1.807) is 6.07 Å². The number of sulfone groups is 1. The van der Waals surface area contributed by atoms with Crippen LogP contribution in [0.3, 0.4) is 0 Å². The van der Waals surface area contributed by atoms with E-state index in [1.165, 1.54) is 43.4 Å². The molecule has 1 fully saturated rings. The maximum absolute atomic E-state index is 13.0. The van der Waals surface area contributed by atoms with E-state index in [-0.39, 0.29) is 46.9 Å². The predicted octanol–water partition coefficient (Wildman–Crippen LogP) is 0.763. The number of nitrogens with zero attached hydrogens (tertiary/aromatic N) is 2. The minimum atomic E-state index is -3.37. The lowest BCUT2D eigenvalue weighted by Crippen LogP contribution is -2.54. The number of rotatable bonds is 5. The van der Waals surface area contributed by atoms with E-state index < -0.39 is 39.5 Å². The average molecular weight is 484 g/mol. The molecule has 5 amide bonds. The topological polar surface area (TPSA) is 138 Å². The molecule has 2 heterocycles. The second-order valence-electron chi connectivity index (χ2n) is 8.18. The molecule has 2 aromatic rings. The number of hydrogen-bond acceptors (Lipinski definition) is 7. The van der Waals surface area contributed by atoms with E-state index in [1.807, 2.05) is 0 Å². The molecule has 2 aromatic carbocycles. The highest BCUT2D eigenvalue weighted by atomic mass is 32.2. The Morgan fingerprint density at radius 3 is 2.29 bits per heavy atom. The Morgan fingerprint density at radius 1 is 1.00 bits per heavy atom. The molecule has 2 aliphatic heterocycles. The maximum atomic E-state index is 13.0. The number of benzene rings is 2. The molecule has 1 saturated heterocycles. The second kappa shape index (κ2) is 8.49. The molecule has 1 N–H and O–H groups in total. The van der Waals surface area contributed by atoms with Crippen LogP contribution >= 0.6 is 0 Å². The Kier molecular flexibility index (Phi) is 5.82. The van der Waals surface area contributed by atoms with Crippen molar-refractivity contribution in [2.75, 3.05) is 13.3 Å². The molecule has 4 rings (SSSR count). The van der Waals surface area contributed by atoms with Gasteiger partial charge in [0, 0.05) is 31.8 Å². The van der Waals surface area contributed by atoms with Crippen LogP contribution in [0.25, 0.3) is 0 Å². The van der Waals surface area contributed by atoms with Gasteiger partial charge in [-0.2, -0.15) is 0 Å². The van der Waals surface area contributed by atoms with Gasteiger partial charge in [0.2, 0.25) is 5.91 Å². The summed E-state index contributed by atoms with van der Waals surface area (Å²) in [6.45, 7) is 0.0566. The van der Waals surface area contributed by atoms with Crippen molar-refractivity contribution < 1.29 is 32.4 Å². The third-order valence-corrected chi connectivity index (χ3v) is 7.04. The summed E-state index contributed by atoms with van der Waals surface area (Å²) < 4.78 is 23.1. The quantitative estimate of drug-likeness (QED) is 0.620. The Hall–Kier alpha value is -3.86. The highest BCUT2D eigenvalue weighted by molar-refractivity contribution is 7.90. The molecule has 10 nitrogen and oxygen atoms in total. The number of likely N-dealkylation sites (N-methyl/N-ethyl adjacent to an activating group) is 1. The Morgan fingerprint density at radius 2 is 1.65 bits per heavy atom. The third-order valence-electron chi connectivity index (χ3n) is 5.91. The van der Waals surface area contributed by atoms with Gasteiger partial charge in [0.1, 0.15) is 6.04 Å². The Labute approximate surface area is 195 Å². The molecule has 2 aliphatic rings. The number of carbonyl (C=O) groups is 5. The zero-order chi connectivity index (χ0) is 24.8. The summed E-state index contributed by atoms with van der Waals surface area (Å²) in [5.41, 5.74) is 1.11. The first-order valence-electron chi connectivity index (χ1n) is 10.4. The van der Waals surface area contributed by atoms with Crippen molar-refractivity contribution in [1.82, 2.24) is 15.1 Å². The van der Waals surface area contributed by atoms with Gasteiger partial charge in [-0.15, -0.1) is 0 Å². The highest BCUT2D eigenvalue weighted by Crippen LogP contribution is 2.29. The first-order valence-corrected chi connectivity index (χ1v) is 12.3. The van der Waals surface area contributed by atoms with Crippen LogP contribution in [0.4, 0.5) is 0 Å². The summed E-state index contributed by atoms with van der Waals surface area (Å²) in [7, 11) is -2.05. The second-order valence-corrected chi connectivity index (χ2v) is 10.2. The molecule has 0 aliphatic carbocycles. The monoisotopic (exact) mass is 483 g/mol. The predicted molar refractivity (Wildman–Crippen MR) is 118 cm³/mol. The highest BCUT2D eigenvalue weighted by Gasteiger charge is 2.46. The molecule has 11 heteroatoms. The Bertz CT molecular complexity index is 1350. The van der Waals surface area contributed by atoms with Crippen molar-refractivity contribution >= 4 is 39.4 Å². The maximum Gasteiger partial charge on any atom is 0.262 e. The molecule has 34 heavy (non-hydrogen) atoms. The van der Waals surface area contributed by atoms with Crippen molar-refractivity contribution in [3.05, 3.63) is 64.7 Å². The number of imide groups is 2. The normalized spacial score (nSPS) is 18.4. The van der Waals surface area contributed by atoms with E-state index in [2.05, 4.69) is 5.32 Å². The van der Waals surface area contributed by atoms with Crippen LogP contribution in [0.5, 0.6) is 0 Å². The SMILES string of the molecule is CN1C(=O)CC[C@H](N2C(=O)c3ccc(CNC(=O)c4ccc(S(C)(=O)=O)cc4)cc3C2=O)C1=O. The van der Waals surface area contributed by atoms with E-state index in [0.29, 0.717) is 5.56 Å². The van der Waals surface area contributed by atoms with Crippen LogP contribution in [-0.4, -0.2) is 67.1 Å². The van der Waals surface area contributed by atoms with Gasteiger partial charge in [0.05, 0.1) is 16.0 Å². The summed E-state index contributed by atoms with van der Waals surface area (Å²) in [5.74, 6) is -2.61. The van der Waals surface area contributed by atoms with Gasteiger partial charge in [0.15, 0.2) is 9.84 Å². The van der Waals surface area contributed by atoms with Crippen LogP contribution in [0.2, 0.25) is 0 Å². The number of fused-ring (bicyclic) bond motifs is 1. The minimum Gasteiger partial charge on any atom is -0.348 e. The zero-order valence-corrected chi connectivity index (χ0v) is 19.2. The Balaban J connectivity index is 1.47. The fourth-order valence-electron chi connectivity index (χ4n) is 3.97. The van der Waals surface area contributed by atoms with Gasteiger partial charge in [-0.1, -0.05) is 6.07 Å². The van der Waals surface area contributed by atoms with E-state index >= 15 is 0 Å². The zero-order valence-electron chi connectivity index (χ0n) is 18.4. The summed E-state index contributed by atoms with van der Waals surface area (Å²) in [4.78, 5) is 64.4. The number of piperidine rings is 1. The molecular formula is C23H21N3O7S. The number of carbonyl (C=O) groups excluding carboxylic acids is 5. The third kappa shape index (κ3) is 4.10. The minimum absolute atomic E-state index is 0.0566. The summed E-state index contributed by atoms with van der Waals surface area (Å²) in [6.07, 6.45) is 1.21. The molecule has 176 valence electrons. The summed E-state index contributed by atoms with van der Waals surface area (Å²) >= 11 is 0. The largest absolute Gasteiger partial charge is 0.348 e. The van der Waals surface area contributed by atoms with E-state index in [0.717, 1.165) is 16.1 Å². The molecule has 0 radical (unpaired) electrons. The van der Waals surface area contributed by atoms with Gasteiger partial charge in [-0.05, 0) is 48.4 Å². The standard InChI is InChI=1S/C23H21N3O7S/c1-25-19(27)10-9-18(23(25)31)26-21(29)16-8-3-13(11-17(16)22(26)30)12-24-20(28)14-4-6-15(7-5-14)34(2,32)33/h3-8,11,18H,9-10,12H2,1-2H3,(H,24,28)/t18-/m0/s1. The van der Waals surface area contributed by atoms with Gasteiger partial charge >= 0.3 is 0 Å². The van der Waals surface area contributed by atoms with Crippen molar-refractivity contribution in [1.29, 1.82) is 0 Å². The number of hydrogen-bond donors (Lipinski definition) is 1. The molecule has 0 saturated carbocycles. The lowest BCUT2D eigenvalue weighted by atomic mass is 10.0. The lowest BCUT2D eigenvalue weighted by molar-refractivity contribution is -0.149. The van der Waals surface area contributed by atoms with Crippen LogP contribution in [-0.2, 0) is 26.0 Å². The lowest BCUT2D eigenvalue weighted by Gasteiger charge is -2.32. The van der Waals surface area contributed by atoms with Crippen molar-refractivity contribution in [3.63, 3.8) is 0 Å². The van der Waals surface area contributed by atoms with Crippen molar-refractivity contribution in [2.24, 2.45) is 0 Å². The molecule has 0 bridgehead atoms. The van der Waals surface area contributed by atoms with Crippen molar-refractivity contribution in [2.45, 2.75) is 30.3 Å². The van der Waals surface area contributed by atoms with Gasteiger partial charge in [-0.25, -0.2) is 8.42 Å². The molecule has 0 unspecified atom stereocenters. The number of nitrogens with one attached hydrogen (secondary N) is 1. The molecule has 0 spiro atoms. The molecule has 1 atom stereocenters.